The van der Waals surface area contributed by atoms with Gasteiger partial charge < -0.3 is 0 Å². The lowest BCUT2D eigenvalue weighted by Crippen LogP contribution is -2.47. The summed E-state index contributed by atoms with van der Waals surface area (Å²) in [5.74, 6) is 0.656. The summed E-state index contributed by atoms with van der Waals surface area (Å²) in [5.41, 5.74) is 1.21. The van der Waals surface area contributed by atoms with Gasteiger partial charge in [-0.3, -0.25) is 14.6 Å². The SMILES string of the molecule is O=c1ccc(-n2cccn2)nn1CCN1CCN(Cc2cnsc2)CC1. The van der Waals surface area contributed by atoms with Crippen LogP contribution >= 0.6 is 11.5 Å². The number of piperazine rings is 1. The molecule has 3 aromatic rings. The van der Waals surface area contributed by atoms with Crippen LogP contribution in [-0.4, -0.2) is 66.5 Å². The van der Waals surface area contributed by atoms with E-state index in [-0.39, 0.29) is 5.56 Å². The van der Waals surface area contributed by atoms with Gasteiger partial charge in [-0.2, -0.15) is 5.10 Å². The lowest BCUT2D eigenvalue weighted by Gasteiger charge is -2.34. The predicted octanol–water partition coefficient (Wildman–Crippen LogP) is 0.703. The van der Waals surface area contributed by atoms with E-state index < -0.39 is 0 Å². The van der Waals surface area contributed by atoms with Crippen LogP contribution in [0.5, 0.6) is 0 Å². The first-order chi connectivity index (χ1) is 12.8. The van der Waals surface area contributed by atoms with Crippen molar-refractivity contribution in [2.45, 2.75) is 13.1 Å². The third-order valence-electron chi connectivity index (χ3n) is 4.57. The van der Waals surface area contributed by atoms with Crippen LogP contribution in [0.2, 0.25) is 0 Å². The second kappa shape index (κ2) is 7.90. The van der Waals surface area contributed by atoms with Crippen molar-refractivity contribution in [1.82, 2.24) is 33.7 Å². The van der Waals surface area contributed by atoms with Gasteiger partial charge in [0, 0.05) is 69.3 Å². The van der Waals surface area contributed by atoms with E-state index in [9.17, 15) is 4.79 Å². The minimum Gasteiger partial charge on any atom is -0.299 e. The van der Waals surface area contributed by atoms with E-state index in [2.05, 4.69) is 29.8 Å². The summed E-state index contributed by atoms with van der Waals surface area (Å²) >= 11 is 1.50. The molecule has 3 aromatic heterocycles. The zero-order valence-electron chi connectivity index (χ0n) is 14.4. The molecule has 4 heterocycles. The Bertz CT molecular complexity index is 867. The second-order valence-corrected chi connectivity index (χ2v) is 7.01. The average Bonchev–Trinajstić information content (AvgIpc) is 3.36. The fourth-order valence-electron chi connectivity index (χ4n) is 3.09. The smallest absolute Gasteiger partial charge is 0.266 e. The molecule has 0 radical (unpaired) electrons. The van der Waals surface area contributed by atoms with E-state index in [1.54, 1.807) is 23.0 Å². The molecule has 0 aromatic carbocycles. The molecular weight excluding hydrogens is 350 g/mol. The molecule has 1 aliphatic heterocycles. The molecule has 4 rings (SSSR count). The highest BCUT2D eigenvalue weighted by atomic mass is 32.1. The summed E-state index contributed by atoms with van der Waals surface area (Å²) < 4.78 is 7.35. The molecule has 0 saturated carbocycles. The minimum absolute atomic E-state index is 0.0792. The van der Waals surface area contributed by atoms with Gasteiger partial charge in [0.05, 0.1) is 6.54 Å². The van der Waals surface area contributed by atoms with Crippen molar-refractivity contribution in [1.29, 1.82) is 0 Å². The molecule has 26 heavy (non-hydrogen) atoms. The van der Waals surface area contributed by atoms with Crippen LogP contribution in [-0.2, 0) is 13.1 Å². The molecule has 0 N–H and O–H groups in total. The molecule has 0 unspecified atom stereocenters. The zero-order valence-corrected chi connectivity index (χ0v) is 15.3. The van der Waals surface area contributed by atoms with Crippen molar-refractivity contribution < 1.29 is 0 Å². The normalized spacial score (nSPS) is 16.2. The van der Waals surface area contributed by atoms with Crippen LogP contribution in [0.4, 0.5) is 0 Å². The summed E-state index contributed by atoms with van der Waals surface area (Å²) in [5, 5.41) is 10.7. The highest BCUT2D eigenvalue weighted by Gasteiger charge is 2.17. The number of aromatic nitrogens is 5. The van der Waals surface area contributed by atoms with Gasteiger partial charge in [-0.1, -0.05) is 0 Å². The third kappa shape index (κ3) is 4.06. The topological polar surface area (TPSA) is 72.1 Å². The van der Waals surface area contributed by atoms with Crippen molar-refractivity contribution in [3.8, 4) is 5.82 Å². The van der Waals surface area contributed by atoms with E-state index in [1.165, 1.54) is 21.8 Å². The maximum absolute atomic E-state index is 12.1. The number of hydrogen-bond acceptors (Lipinski definition) is 7. The maximum atomic E-state index is 12.1. The first-order valence-electron chi connectivity index (χ1n) is 8.69. The van der Waals surface area contributed by atoms with Gasteiger partial charge in [0.15, 0.2) is 5.82 Å². The minimum atomic E-state index is -0.0792. The highest BCUT2D eigenvalue weighted by Crippen LogP contribution is 2.09. The molecule has 1 saturated heterocycles. The molecule has 9 heteroatoms. The van der Waals surface area contributed by atoms with Crippen molar-refractivity contribution in [3.05, 3.63) is 58.1 Å². The van der Waals surface area contributed by atoms with Crippen LogP contribution < -0.4 is 5.56 Å². The largest absolute Gasteiger partial charge is 0.299 e. The molecule has 1 aliphatic rings. The van der Waals surface area contributed by atoms with Crippen LogP contribution in [0.25, 0.3) is 5.82 Å². The van der Waals surface area contributed by atoms with E-state index in [0.29, 0.717) is 12.4 Å². The molecule has 136 valence electrons. The summed E-state index contributed by atoms with van der Waals surface area (Å²) in [6.07, 6.45) is 5.46. The first-order valence-corrected chi connectivity index (χ1v) is 9.53. The fraction of sp³-hybridized carbons (Fsp3) is 0.412. The Hall–Kier alpha value is -2.36. The monoisotopic (exact) mass is 371 g/mol. The van der Waals surface area contributed by atoms with Gasteiger partial charge in [0.25, 0.3) is 5.56 Å². The second-order valence-electron chi connectivity index (χ2n) is 6.35. The van der Waals surface area contributed by atoms with Gasteiger partial charge in [-0.25, -0.2) is 13.7 Å². The molecule has 0 bridgehead atoms. The van der Waals surface area contributed by atoms with E-state index in [4.69, 9.17) is 0 Å². The van der Waals surface area contributed by atoms with Crippen molar-refractivity contribution in [2.24, 2.45) is 0 Å². The summed E-state index contributed by atoms with van der Waals surface area (Å²) in [7, 11) is 0. The van der Waals surface area contributed by atoms with E-state index in [1.807, 2.05) is 18.5 Å². The quantitative estimate of drug-likeness (QED) is 0.635. The molecule has 1 fully saturated rings. The Morgan fingerprint density at radius 3 is 2.65 bits per heavy atom. The Labute approximate surface area is 155 Å². The first kappa shape index (κ1) is 17.1. The van der Waals surface area contributed by atoms with Gasteiger partial charge in [0.1, 0.15) is 0 Å². The van der Waals surface area contributed by atoms with Crippen molar-refractivity contribution >= 4 is 11.5 Å². The molecule has 0 spiro atoms. The van der Waals surface area contributed by atoms with Crippen LogP contribution in [0, 0.1) is 0 Å². The van der Waals surface area contributed by atoms with Crippen LogP contribution in [0.1, 0.15) is 5.56 Å². The van der Waals surface area contributed by atoms with E-state index >= 15 is 0 Å². The van der Waals surface area contributed by atoms with E-state index in [0.717, 1.165) is 39.3 Å². The Kier molecular flexibility index (Phi) is 5.19. The Balaban J connectivity index is 1.31. The van der Waals surface area contributed by atoms with Crippen molar-refractivity contribution in [3.63, 3.8) is 0 Å². The summed E-state index contributed by atoms with van der Waals surface area (Å²) in [4.78, 5) is 16.9. The summed E-state index contributed by atoms with van der Waals surface area (Å²) in [6, 6.07) is 5.09. The molecule has 0 aliphatic carbocycles. The highest BCUT2D eigenvalue weighted by molar-refractivity contribution is 7.03. The number of hydrogen-bond donors (Lipinski definition) is 0. The molecule has 8 nitrogen and oxygen atoms in total. The Morgan fingerprint density at radius 1 is 1.08 bits per heavy atom. The third-order valence-corrected chi connectivity index (χ3v) is 5.21. The number of nitrogens with zero attached hydrogens (tertiary/aromatic N) is 7. The maximum Gasteiger partial charge on any atom is 0.266 e. The molecule has 0 amide bonds. The number of rotatable bonds is 6. The standard InChI is InChI=1S/C17H21N7OS/c25-17-3-2-16(23-5-1-4-18-23)20-24(17)11-10-21-6-8-22(9-7-21)13-15-12-19-26-14-15/h1-5,12,14H,6-11,13H2. The van der Waals surface area contributed by atoms with Crippen LogP contribution in [0.15, 0.2) is 47.0 Å². The predicted molar refractivity (Wildman–Crippen MR) is 99.5 cm³/mol. The van der Waals surface area contributed by atoms with Gasteiger partial charge in [-0.05, 0) is 29.2 Å². The van der Waals surface area contributed by atoms with Gasteiger partial charge >= 0.3 is 0 Å². The van der Waals surface area contributed by atoms with Gasteiger partial charge in [0.2, 0.25) is 0 Å². The lowest BCUT2D eigenvalue weighted by molar-refractivity contribution is 0.122. The van der Waals surface area contributed by atoms with Gasteiger partial charge in [-0.15, -0.1) is 5.10 Å². The molecular formula is C17H21N7OS. The lowest BCUT2D eigenvalue weighted by atomic mass is 10.2. The molecule has 0 atom stereocenters. The average molecular weight is 371 g/mol. The van der Waals surface area contributed by atoms with Crippen molar-refractivity contribution in [2.75, 3.05) is 32.7 Å². The fourth-order valence-corrected chi connectivity index (χ4v) is 3.62. The van der Waals surface area contributed by atoms with Crippen LogP contribution in [0.3, 0.4) is 0 Å². The Morgan fingerprint density at radius 2 is 1.92 bits per heavy atom. The summed E-state index contributed by atoms with van der Waals surface area (Å²) in [6.45, 7) is 6.45. The zero-order chi connectivity index (χ0) is 17.8.